The first-order valence-corrected chi connectivity index (χ1v) is 12.2. The minimum atomic E-state index is -2.02. The van der Waals surface area contributed by atoms with Crippen molar-refractivity contribution in [1.82, 2.24) is 0 Å². The molecule has 2 nitrogen and oxygen atoms in total. The van der Waals surface area contributed by atoms with Gasteiger partial charge in [0, 0.05) is 24.0 Å². The van der Waals surface area contributed by atoms with Crippen LogP contribution in [-0.4, -0.2) is 19.6 Å². The first-order chi connectivity index (χ1) is 11.8. The van der Waals surface area contributed by atoms with Crippen molar-refractivity contribution in [2.45, 2.75) is 51.6 Å². The molecule has 0 heterocycles. The highest BCUT2D eigenvalue weighted by Gasteiger charge is 2.39. The van der Waals surface area contributed by atoms with E-state index >= 15 is 0 Å². The van der Waals surface area contributed by atoms with Crippen LogP contribution in [0.3, 0.4) is 0 Å². The fourth-order valence-corrected chi connectivity index (χ4v) is 8.32. The average molecular weight is 349 g/mol. The molecule has 2 aliphatic carbocycles. The van der Waals surface area contributed by atoms with Gasteiger partial charge in [0.25, 0.3) is 0 Å². The van der Waals surface area contributed by atoms with E-state index in [1.807, 2.05) is 24.3 Å². The van der Waals surface area contributed by atoms with Crippen molar-refractivity contribution in [3.05, 3.63) is 58.7 Å². The molecular weight excluding hydrogens is 324 g/mol. The lowest BCUT2D eigenvalue weighted by Crippen LogP contribution is -2.55. The number of rotatable bonds is 2. The van der Waals surface area contributed by atoms with Crippen molar-refractivity contribution < 1.29 is 9.59 Å². The van der Waals surface area contributed by atoms with Gasteiger partial charge in [0.1, 0.15) is 8.07 Å². The lowest BCUT2D eigenvalue weighted by molar-refractivity contribution is 0.0982. The second kappa shape index (κ2) is 5.50. The van der Waals surface area contributed by atoms with Gasteiger partial charge in [-0.2, -0.15) is 0 Å². The minimum Gasteiger partial charge on any atom is -0.294 e. The molecule has 3 heteroatoms. The van der Waals surface area contributed by atoms with Crippen LogP contribution in [0.1, 0.15) is 70.4 Å². The smallest absolute Gasteiger partial charge is 0.163 e. The molecule has 0 bridgehead atoms. The number of fused-ring (bicyclic) bond motifs is 2. The topological polar surface area (TPSA) is 34.1 Å². The third-order valence-electron chi connectivity index (χ3n) is 6.13. The first-order valence-electron chi connectivity index (χ1n) is 9.15. The minimum absolute atomic E-state index is 0.274. The van der Waals surface area contributed by atoms with Crippen LogP contribution in [0.4, 0.5) is 0 Å². The van der Waals surface area contributed by atoms with Crippen molar-refractivity contribution in [3.63, 3.8) is 0 Å². The van der Waals surface area contributed by atoms with Gasteiger partial charge in [-0.15, -0.1) is 0 Å². The summed E-state index contributed by atoms with van der Waals surface area (Å²) >= 11 is 0. The van der Waals surface area contributed by atoms with E-state index in [0.717, 1.165) is 11.1 Å². The van der Waals surface area contributed by atoms with Crippen LogP contribution in [-0.2, 0) is 0 Å². The third kappa shape index (κ3) is 2.29. The van der Waals surface area contributed by atoms with E-state index < -0.39 is 8.07 Å². The molecule has 2 atom stereocenters. The van der Waals surface area contributed by atoms with Crippen molar-refractivity contribution in [2.24, 2.45) is 0 Å². The highest BCUT2D eigenvalue weighted by atomic mass is 28.3. The molecule has 0 spiro atoms. The van der Waals surface area contributed by atoms with Gasteiger partial charge in [0.15, 0.2) is 11.6 Å². The molecule has 2 unspecified atom stereocenters. The fourth-order valence-electron chi connectivity index (χ4n) is 4.89. The summed E-state index contributed by atoms with van der Waals surface area (Å²) in [7, 11) is -2.02. The highest BCUT2D eigenvalue weighted by molar-refractivity contribution is 7.01. The summed E-state index contributed by atoms with van der Waals surface area (Å²) in [6, 6.07) is 12.5. The second-order valence-corrected chi connectivity index (χ2v) is 12.5. The zero-order valence-electron chi connectivity index (χ0n) is 15.3. The van der Waals surface area contributed by atoms with E-state index in [-0.39, 0.29) is 11.6 Å². The molecule has 0 aromatic heterocycles. The summed E-state index contributed by atoms with van der Waals surface area (Å²) in [5.41, 5.74) is 4.36. The summed E-state index contributed by atoms with van der Waals surface area (Å²) in [4.78, 5) is 24.7. The maximum atomic E-state index is 12.3. The molecule has 0 saturated carbocycles. The summed E-state index contributed by atoms with van der Waals surface area (Å²) < 4.78 is 0. The van der Waals surface area contributed by atoms with Crippen LogP contribution in [0.25, 0.3) is 0 Å². The quantitative estimate of drug-likeness (QED) is 0.772. The van der Waals surface area contributed by atoms with Gasteiger partial charge in [0.2, 0.25) is 0 Å². The van der Waals surface area contributed by atoms with Crippen molar-refractivity contribution in [3.8, 4) is 0 Å². The maximum Gasteiger partial charge on any atom is 0.163 e. The van der Waals surface area contributed by atoms with Crippen molar-refractivity contribution in [1.29, 1.82) is 0 Å². The second-order valence-electron chi connectivity index (χ2n) is 8.22. The van der Waals surface area contributed by atoms with Gasteiger partial charge < -0.3 is 0 Å². The number of carbonyl (C=O) groups is 2. The lowest BCUT2D eigenvalue weighted by Gasteiger charge is -2.30. The van der Waals surface area contributed by atoms with Gasteiger partial charge >= 0.3 is 0 Å². The van der Waals surface area contributed by atoms with E-state index in [2.05, 4.69) is 39.1 Å². The van der Waals surface area contributed by atoms with Gasteiger partial charge in [-0.25, -0.2) is 0 Å². The van der Waals surface area contributed by atoms with Gasteiger partial charge in [0.05, 0.1) is 0 Å². The van der Waals surface area contributed by atoms with Gasteiger partial charge in [-0.3, -0.25) is 9.59 Å². The number of carbonyl (C=O) groups excluding carboxylic acids is 2. The molecule has 0 radical (unpaired) electrons. The zero-order chi connectivity index (χ0) is 17.9. The first kappa shape index (κ1) is 16.5. The molecule has 0 N–H and O–H groups in total. The third-order valence-corrected chi connectivity index (χ3v) is 9.69. The number of Topliss-reactive ketones (excluding diaryl/α,β-unsaturated/α-hetero) is 2. The number of hydrogen-bond donors (Lipinski definition) is 0. The monoisotopic (exact) mass is 348 g/mol. The van der Waals surface area contributed by atoms with Crippen LogP contribution in [0.15, 0.2) is 36.4 Å². The highest BCUT2D eigenvalue weighted by Crippen LogP contribution is 2.35. The number of hydrogen-bond acceptors (Lipinski definition) is 2. The van der Waals surface area contributed by atoms with E-state index in [1.165, 1.54) is 21.5 Å². The van der Waals surface area contributed by atoms with E-state index in [0.29, 0.717) is 24.7 Å². The Hall–Kier alpha value is -2.00. The van der Waals surface area contributed by atoms with Gasteiger partial charge in [-0.1, -0.05) is 73.7 Å². The van der Waals surface area contributed by atoms with Crippen LogP contribution < -0.4 is 10.4 Å². The Kier molecular flexibility index (Phi) is 3.62. The van der Waals surface area contributed by atoms with Crippen LogP contribution >= 0.6 is 0 Å². The molecular formula is C22H24O2Si. The van der Waals surface area contributed by atoms with Crippen LogP contribution in [0.5, 0.6) is 0 Å². The Labute approximate surface area is 150 Å². The Morgan fingerprint density at radius 2 is 1.16 bits per heavy atom. The summed E-state index contributed by atoms with van der Waals surface area (Å²) in [5.74, 6) is 1.13. The molecule has 0 amide bonds. The summed E-state index contributed by atoms with van der Waals surface area (Å²) in [5, 5.41) is 2.73. The molecule has 2 aromatic carbocycles. The number of ketones is 2. The van der Waals surface area contributed by atoms with Gasteiger partial charge in [-0.05, 0) is 23.0 Å². The van der Waals surface area contributed by atoms with E-state index in [1.54, 1.807) is 0 Å². The molecule has 0 saturated heterocycles. The van der Waals surface area contributed by atoms with Crippen LogP contribution in [0, 0.1) is 0 Å². The predicted octanol–water partition coefficient (Wildman–Crippen LogP) is 3.89. The van der Waals surface area contributed by atoms with E-state index in [9.17, 15) is 9.59 Å². The Balaban J connectivity index is 1.95. The van der Waals surface area contributed by atoms with Crippen LogP contribution in [0.2, 0.25) is 13.1 Å². The summed E-state index contributed by atoms with van der Waals surface area (Å²) in [6.45, 7) is 9.06. The van der Waals surface area contributed by atoms with E-state index in [4.69, 9.17) is 0 Å². The standard InChI is InChI=1S/C22H24O2Si/c1-13-11-17(23)15-7-5-9-19(21(13)15)25(3,4)20-10-6-8-16-18(24)12-14(2)22(16)20/h5-10,13-14H,11-12H2,1-4H3. The Morgan fingerprint density at radius 3 is 1.56 bits per heavy atom. The Bertz CT molecular complexity index is 837. The lowest BCUT2D eigenvalue weighted by atomic mass is 10.0. The SMILES string of the molecule is CC1CC(=O)c2cccc([Si](C)(C)c3cccc4c3C(C)CC4=O)c21. The molecule has 0 fully saturated rings. The molecule has 25 heavy (non-hydrogen) atoms. The Morgan fingerprint density at radius 1 is 0.760 bits per heavy atom. The average Bonchev–Trinajstić information content (AvgIpc) is 3.04. The zero-order valence-corrected chi connectivity index (χ0v) is 16.3. The molecule has 2 aliphatic rings. The molecule has 128 valence electrons. The predicted molar refractivity (Wildman–Crippen MR) is 104 cm³/mol. The number of benzene rings is 2. The molecule has 0 aliphatic heterocycles. The van der Waals surface area contributed by atoms with Crippen molar-refractivity contribution >= 4 is 30.0 Å². The molecule has 2 aromatic rings. The van der Waals surface area contributed by atoms with Crippen molar-refractivity contribution in [2.75, 3.05) is 0 Å². The maximum absolute atomic E-state index is 12.3. The largest absolute Gasteiger partial charge is 0.294 e. The summed E-state index contributed by atoms with van der Waals surface area (Å²) in [6.07, 6.45) is 1.25. The fraction of sp³-hybridized carbons (Fsp3) is 0.364. The molecule has 4 rings (SSSR count). The normalized spacial score (nSPS) is 22.2.